The summed E-state index contributed by atoms with van der Waals surface area (Å²) in [5, 5.41) is 0. The molecule has 0 aromatic rings. The Balaban J connectivity index is 0.000000544. The summed E-state index contributed by atoms with van der Waals surface area (Å²) in [4.78, 5) is 138. The fourth-order valence-corrected chi connectivity index (χ4v) is 7.27. The highest BCUT2D eigenvalue weighted by Crippen LogP contribution is 2.35. The Bertz CT molecular complexity index is 2390. The number of carbonyl (C=O) groups is 12. The molecular weight excluding hydrogens is 1140 g/mol. The highest BCUT2D eigenvalue weighted by Gasteiger charge is 2.46. The van der Waals surface area contributed by atoms with E-state index in [1.807, 2.05) is 90.0 Å². The molecule has 0 aliphatic carbocycles. The summed E-state index contributed by atoms with van der Waals surface area (Å²) < 4.78 is 60.1. The van der Waals surface area contributed by atoms with Crippen LogP contribution in [0.2, 0.25) is 0 Å². The summed E-state index contributed by atoms with van der Waals surface area (Å²) in [6.07, 6.45) is 2.46. The molecule has 498 valence electrons. The lowest BCUT2D eigenvalue weighted by atomic mass is 9.87. The molecule has 0 radical (unpaired) electrons. The maximum Gasteiger partial charge on any atom is 0.348 e. The summed E-state index contributed by atoms with van der Waals surface area (Å²) in [6.45, 7) is 39.1. The quantitative estimate of drug-likeness (QED) is 0.0767. The van der Waals surface area contributed by atoms with Gasteiger partial charge in [0.15, 0.2) is 12.7 Å². The average Bonchev–Trinajstić information content (AvgIpc) is 3.94. The molecular formula is C63H102O24. The van der Waals surface area contributed by atoms with Gasteiger partial charge in [-0.05, 0) is 149 Å². The first-order valence-electron chi connectivity index (χ1n) is 30.2. The third-order valence-electron chi connectivity index (χ3n) is 16.6. The van der Waals surface area contributed by atoms with Gasteiger partial charge in [-0.3, -0.25) is 38.4 Å². The second-order valence-electron chi connectivity index (χ2n) is 26.4. The monoisotopic (exact) mass is 1240 g/mol. The maximum atomic E-state index is 12.0. The van der Waals surface area contributed by atoms with Gasteiger partial charge in [-0.2, -0.15) is 0 Å². The number of carbonyl (C=O) groups excluding carboxylic acids is 12. The highest BCUT2D eigenvalue weighted by atomic mass is 16.6. The number of rotatable bonds is 21. The molecule has 5 heterocycles. The average molecular weight is 1240 g/mol. The van der Waals surface area contributed by atoms with E-state index in [4.69, 9.17) is 47.4 Å². The number of hydrogen-bond donors (Lipinski definition) is 0. The van der Waals surface area contributed by atoms with E-state index in [1.54, 1.807) is 48.5 Å². The first-order valence-corrected chi connectivity index (χ1v) is 30.2. The molecule has 5 aliphatic heterocycles. The Morgan fingerprint density at radius 1 is 0.471 bits per heavy atom. The topological polar surface area (TPSA) is 316 Å². The summed E-state index contributed by atoms with van der Waals surface area (Å²) in [5.41, 5.74) is -4.22. The third-order valence-corrected chi connectivity index (χ3v) is 16.6. The number of cyclic esters (lactones) is 5. The van der Waals surface area contributed by atoms with Gasteiger partial charge >= 0.3 is 71.6 Å². The zero-order valence-corrected chi connectivity index (χ0v) is 55.7. The van der Waals surface area contributed by atoms with Crippen LogP contribution in [0.25, 0.3) is 0 Å². The van der Waals surface area contributed by atoms with Gasteiger partial charge in [-0.25, -0.2) is 19.2 Å². The van der Waals surface area contributed by atoms with E-state index in [9.17, 15) is 57.5 Å². The van der Waals surface area contributed by atoms with E-state index in [0.717, 1.165) is 12.8 Å². The van der Waals surface area contributed by atoms with E-state index >= 15 is 0 Å². The zero-order chi connectivity index (χ0) is 67.3. The SMILES string of the molecule is CCC(C)(C)C(=O)OC(C)(C)C1CCOC1=O.CCC(C)(C)C(=O)OC(C)(C)C1COC(=O)C1.CCC(C)(C)C(=O)OC(C)C(=O)OC1CCOC1=O.CCC(C)(C)C(=O)OC1CCOC(=O)C1C.CCC(C)(C)C(=O)OCC(=O)OC1CCOC1=O. The molecule has 0 N–H and O–H groups in total. The van der Waals surface area contributed by atoms with E-state index in [-0.39, 0.29) is 72.9 Å². The van der Waals surface area contributed by atoms with Gasteiger partial charge in [-0.1, -0.05) is 34.6 Å². The van der Waals surface area contributed by atoms with Crippen molar-refractivity contribution < 1.29 is 114 Å². The predicted molar refractivity (Wildman–Crippen MR) is 311 cm³/mol. The lowest BCUT2D eigenvalue weighted by Gasteiger charge is -2.33. The minimum atomic E-state index is -1.04. The van der Waals surface area contributed by atoms with Gasteiger partial charge in [0.1, 0.15) is 17.3 Å². The predicted octanol–water partition coefficient (Wildman–Crippen LogP) is 8.57. The minimum Gasteiger partial charge on any atom is -0.465 e. The molecule has 0 spiro atoms. The van der Waals surface area contributed by atoms with Gasteiger partial charge in [0.05, 0.1) is 78.4 Å². The Hall–Kier alpha value is -6.36. The van der Waals surface area contributed by atoms with Crippen LogP contribution in [0.3, 0.4) is 0 Å². The van der Waals surface area contributed by atoms with E-state index in [1.165, 1.54) is 6.92 Å². The molecule has 5 aliphatic rings. The van der Waals surface area contributed by atoms with Crippen LogP contribution in [0.4, 0.5) is 0 Å². The van der Waals surface area contributed by atoms with Crippen LogP contribution in [0.15, 0.2) is 0 Å². The fraction of sp³-hybridized carbons (Fsp3) is 0.810. The van der Waals surface area contributed by atoms with Gasteiger partial charge in [0, 0.05) is 25.2 Å². The van der Waals surface area contributed by atoms with Crippen molar-refractivity contribution in [2.24, 2.45) is 44.8 Å². The number of ether oxygens (including phenoxy) is 12. The largest absolute Gasteiger partial charge is 0.465 e. The van der Waals surface area contributed by atoms with Crippen molar-refractivity contribution in [1.82, 2.24) is 0 Å². The summed E-state index contributed by atoms with van der Waals surface area (Å²) >= 11 is 0. The second-order valence-corrected chi connectivity index (χ2v) is 26.4. The summed E-state index contributed by atoms with van der Waals surface area (Å²) in [6, 6.07) is 0. The molecule has 5 saturated heterocycles. The van der Waals surface area contributed by atoms with E-state index < -0.39 is 99.0 Å². The van der Waals surface area contributed by atoms with Gasteiger partial charge in [0.25, 0.3) is 0 Å². The Morgan fingerprint density at radius 3 is 1.30 bits per heavy atom. The molecule has 0 saturated carbocycles. The Kier molecular flexibility index (Phi) is 30.6. The first-order chi connectivity index (χ1) is 39.9. The molecule has 0 bridgehead atoms. The van der Waals surface area contributed by atoms with Crippen molar-refractivity contribution in [3.05, 3.63) is 0 Å². The van der Waals surface area contributed by atoms with Crippen molar-refractivity contribution >= 4 is 71.6 Å². The summed E-state index contributed by atoms with van der Waals surface area (Å²) in [5.74, 6) is -5.73. The molecule has 0 aromatic carbocycles. The zero-order valence-electron chi connectivity index (χ0n) is 55.7. The Morgan fingerprint density at radius 2 is 0.874 bits per heavy atom. The van der Waals surface area contributed by atoms with Crippen molar-refractivity contribution in [3.63, 3.8) is 0 Å². The van der Waals surface area contributed by atoms with Gasteiger partial charge in [0.2, 0.25) is 12.2 Å². The Labute approximate surface area is 514 Å². The normalized spacial score (nSPS) is 21.6. The minimum absolute atomic E-state index is 0.0494. The number of hydrogen-bond acceptors (Lipinski definition) is 24. The van der Waals surface area contributed by atoms with Gasteiger partial charge < -0.3 is 56.8 Å². The lowest BCUT2D eigenvalue weighted by Crippen LogP contribution is -2.42. The van der Waals surface area contributed by atoms with Crippen molar-refractivity contribution in [1.29, 1.82) is 0 Å². The van der Waals surface area contributed by atoms with Crippen LogP contribution in [-0.4, -0.2) is 147 Å². The standard InChI is InChI=1S/C13H20O6.2C13H22O4.C12H18O6.C12H20O4/c1-5-13(3,4)12(16)18-8(2)10(14)19-9-6-7-17-11(9)15;1-6-12(2,3)11(15)17-13(4,5)9-7-10(14)16-8-9;1-6-12(2,3)11(15)17-13(4,5)9-7-8-16-10(9)14;1-4-12(2,3)11(15)17-7-9(13)18-8-5-6-16-10(8)14;1-5-12(3,4)11(14)16-9-6-7-15-10(13)8(9)2/h8-9H,5-7H2,1-4H3;2*9H,6-8H2,1-5H3;8H,4-7H2,1-3H3;8-9H,5-7H2,1-4H3. The van der Waals surface area contributed by atoms with Crippen molar-refractivity contribution in [3.8, 4) is 0 Å². The molecule has 5 rings (SSSR count). The lowest BCUT2D eigenvalue weighted by molar-refractivity contribution is -0.177. The molecule has 7 atom stereocenters. The molecule has 24 heteroatoms. The number of esters is 12. The van der Waals surface area contributed by atoms with E-state index in [2.05, 4.69) is 9.47 Å². The maximum absolute atomic E-state index is 12.0. The fourth-order valence-electron chi connectivity index (χ4n) is 7.27. The molecule has 7 unspecified atom stereocenters. The van der Waals surface area contributed by atoms with Crippen LogP contribution in [0.1, 0.15) is 210 Å². The van der Waals surface area contributed by atoms with Crippen LogP contribution in [0, 0.1) is 44.8 Å². The highest BCUT2D eigenvalue weighted by molar-refractivity contribution is 5.85. The van der Waals surface area contributed by atoms with Crippen LogP contribution in [-0.2, 0) is 114 Å². The van der Waals surface area contributed by atoms with Gasteiger partial charge in [-0.15, -0.1) is 0 Å². The molecule has 5 fully saturated rings. The second kappa shape index (κ2) is 33.8. The van der Waals surface area contributed by atoms with Crippen molar-refractivity contribution in [2.45, 2.75) is 245 Å². The molecule has 87 heavy (non-hydrogen) atoms. The van der Waals surface area contributed by atoms with Crippen molar-refractivity contribution in [2.75, 3.05) is 39.6 Å². The van der Waals surface area contributed by atoms with Crippen LogP contribution < -0.4 is 0 Å². The first kappa shape index (κ1) is 78.7. The molecule has 0 aromatic heterocycles. The van der Waals surface area contributed by atoms with Crippen LogP contribution in [0.5, 0.6) is 0 Å². The molecule has 0 amide bonds. The summed E-state index contributed by atoms with van der Waals surface area (Å²) in [7, 11) is 0. The smallest absolute Gasteiger partial charge is 0.348 e. The third kappa shape index (κ3) is 25.0. The van der Waals surface area contributed by atoms with Crippen LogP contribution >= 0.6 is 0 Å². The molecule has 24 nitrogen and oxygen atoms in total. The van der Waals surface area contributed by atoms with E-state index in [0.29, 0.717) is 71.2 Å².